The van der Waals surface area contributed by atoms with E-state index in [4.69, 9.17) is 11.6 Å². The molecular formula is C12H16ClNO2S. The Hall–Kier alpha value is -0.580. The van der Waals surface area contributed by atoms with E-state index < -0.39 is 15.1 Å². The van der Waals surface area contributed by atoms with Gasteiger partial charge in [-0.3, -0.25) is 0 Å². The lowest BCUT2D eigenvalue weighted by atomic mass is 10.0. The van der Waals surface area contributed by atoms with Crippen molar-refractivity contribution in [3.8, 4) is 0 Å². The van der Waals surface area contributed by atoms with Crippen molar-refractivity contribution in [1.29, 1.82) is 0 Å². The highest BCUT2D eigenvalue weighted by molar-refractivity contribution is 7.92. The summed E-state index contributed by atoms with van der Waals surface area (Å²) in [6, 6.07) is 5.13. The topological polar surface area (TPSA) is 46.2 Å². The van der Waals surface area contributed by atoms with E-state index in [-0.39, 0.29) is 6.04 Å². The van der Waals surface area contributed by atoms with Crippen LogP contribution in [-0.4, -0.2) is 20.2 Å². The maximum atomic E-state index is 12.3. The van der Waals surface area contributed by atoms with Crippen molar-refractivity contribution in [2.45, 2.75) is 36.5 Å². The predicted molar refractivity (Wildman–Crippen MR) is 69.1 cm³/mol. The van der Waals surface area contributed by atoms with E-state index in [1.807, 2.05) is 6.07 Å². The van der Waals surface area contributed by atoms with Crippen molar-refractivity contribution in [2.75, 3.05) is 6.54 Å². The summed E-state index contributed by atoms with van der Waals surface area (Å²) in [5, 5.41) is 3.16. The molecular weight excluding hydrogens is 258 g/mol. The minimum absolute atomic E-state index is 0.145. The first-order valence-corrected chi connectivity index (χ1v) is 7.68. The molecule has 5 heteroatoms. The Labute approximate surface area is 107 Å². The Balaban J connectivity index is 2.52. The zero-order chi connectivity index (χ0) is 12.6. The van der Waals surface area contributed by atoms with E-state index in [1.54, 1.807) is 19.1 Å². The lowest BCUT2D eigenvalue weighted by Crippen LogP contribution is -2.30. The molecule has 1 aliphatic heterocycles. The molecule has 3 nitrogen and oxygen atoms in total. The van der Waals surface area contributed by atoms with Crippen molar-refractivity contribution < 1.29 is 8.42 Å². The standard InChI is InChI=1S/C12H16ClNO2S/c1-3-7-14-11-8(2)17(15,16)12-9(11)5-4-6-10(12)13/h4-6,8,11,14H,3,7H2,1-2H3. The molecule has 0 saturated carbocycles. The molecule has 0 amide bonds. The summed E-state index contributed by atoms with van der Waals surface area (Å²) in [6.45, 7) is 4.59. The van der Waals surface area contributed by atoms with Gasteiger partial charge in [-0.15, -0.1) is 0 Å². The SMILES string of the molecule is CCCNC1c2cccc(Cl)c2S(=O)(=O)C1C. The second-order valence-corrected chi connectivity index (χ2v) is 6.99. The average Bonchev–Trinajstić information content (AvgIpc) is 2.47. The van der Waals surface area contributed by atoms with Crippen molar-refractivity contribution in [3.63, 3.8) is 0 Å². The van der Waals surface area contributed by atoms with Crippen LogP contribution in [0.15, 0.2) is 23.1 Å². The summed E-state index contributed by atoms with van der Waals surface area (Å²) in [5.41, 5.74) is 0.804. The highest BCUT2D eigenvalue weighted by atomic mass is 35.5. The first-order valence-electron chi connectivity index (χ1n) is 5.75. The molecule has 0 spiro atoms. The van der Waals surface area contributed by atoms with Crippen LogP contribution in [0.2, 0.25) is 5.02 Å². The van der Waals surface area contributed by atoms with Gasteiger partial charge in [0.05, 0.1) is 21.2 Å². The second kappa shape index (κ2) is 4.59. The Morgan fingerprint density at radius 3 is 2.76 bits per heavy atom. The van der Waals surface area contributed by atoms with Crippen LogP contribution in [0.25, 0.3) is 0 Å². The normalized spacial score (nSPS) is 25.8. The number of halogens is 1. The lowest BCUT2D eigenvalue weighted by Gasteiger charge is -2.16. The van der Waals surface area contributed by atoms with Crippen molar-refractivity contribution in [1.82, 2.24) is 5.32 Å². The molecule has 1 aromatic carbocycles. The minimum atomic E-state index is -3.29. The first-order chi connectivity index (χ1) is 8.00. The van der Waals surface area contributed by atoms with E-state index in [0.29, 0.717) is 9.92 Å². The minimum Gasteiger partial charge on any atom is -0.309 e. The molecule has 2 atom stereocenters. The van der Waals surface area contributed by atoms with Gasteiger partial charge in [-0.05, 0) is 31.5 Å². The molecule has 94 valence electrons. The molecule has 0 aromatic heterocycles. The largest absolute Gasteiger partial charge is 0.309 e. The van der Waals surface area contributed by atoms with Gasteiger partial charge in [0, 0.05) is 0 Å². The van der Waals surface area contributed by atoms with Gasteiger partial charge in [0.1, 0.15) is 0 Å². The van der Waals surface area contributed by atoms with Crippen molar-refractivity contribution in [2.24, 2.45) is 0 Å². The van der Waals surface area contributed by atoms with Crippen LogP contribution < -0.4 is 5.32 Å². The lowest BCUT2D eigenvalue weighted by molar-refractivity contribution is 0.515. The summed E-state index contributed by atoms with van der Waals surface area (Å²) < 4.78 is 24.5. The molecule has 1 heterocycles. The van der Waals surface area contributed by atoms with Crippen LogP contribution in [0.1, 0.15) is 31.9 Å². The number of fused-ring (bicyclic) bond motifs is 1. The van der Waals surface area contributed by atoms with Crippen LogP contribution in [0.5, 0.6) is 0 Å². The molecule has 1 aromatic rings. The van der Waals surface area contributed by atoms with Gasteiger partial charge in [-0.25, -0.2) is 8.42 Å². The first kappa shape index (κ1) is 12.9. The number of hydrogen-bond acceptors (Lipinski definition) is 3. The van der Waals surface area contributed by atoms with Crippen LogP contribution in [-0.2, 0) is 9.84 Å². The zero-order valence-corrected chi connectivity index (χ0v) is 11.5. The number of nitrogens with one attached hydrogen (secondary N) is 1. The molecule has 1 N–H and O–H groups in total. The smallest absolute Gasteiger partial charge is 0.184 e. The van der Waals surface area contributed by atoms with Gasteiger partial charge >= 0.3 is 0 Å². The van der Waals surface area contributed by atoms with Crippen LogP contribution in [0.4, 0.5) is 0 Å². The molecule has 2 unspecified atom stereocenters. The van der Waals surface area contributed by atoms with Crippen LogP contribution in [0, 0.1) is 0 Å². The second-order valence-electron chi connectivity index (χ2n) is 4.34. The fourth-order valence-corrected chi connectivity index (χ4v) is 4.61. The number of rotatable bonds is 3. The van der Waals surface area contributed by atoms with Crippen molar-refractivity contribution in [3.05, 3.63) is 28.8 Å². The highest BCUT2D eigenvalue weighted by Crippen LogP contribution is 2.42. The maximum Gasteiger partial charge on any atom is 0.184 e. The zero-order valence-electron chi connectivity index (χ0n) is 9.90. The molecule has 1 aliphatic rings. The van der Waals surface area contributed by atoms with Gasteiger partial charge in [-0.2, -0.15) is 0 Å². The Kier molecular flexibility index (Phi) is 3.48. The maximum absolute atomic E-state index is 12.3. The Morgan fingerprint density at radius 1 is 1.41 bits per heavy atom. The van der Waals surface area contributed by atoms with Crippen LogP contribution in [0.3, 0.4) is 0 Å². The number of hydrogen-bond donors (Lipinski definition) is 1. The van der Waals surface area contributed by atoms with E-state index in [0.717, 1.165) is 18.5 Å². The Morgan fingerprint density at radius 2 is 2.12 bits per heavy atom. The van der Waals surface area contributed by atoms with Gasteiger partial charge in [0.2, 0.25) is 0 Å². The summed E-state index contributed by atoms with van der Waals surface area (Å²) in [6.07, 6.45) is 0.971. The molecule has 0 saturated heterocycles. The van der Waals surface area contributed by atoms with Crippen molar-refractivity contribution >= 4 is 21.4 Å². The van der Waals surface area contributed by atoms with E-state index >= 15 is 0 Å². The molecule has 0 fully saturated rings. The molecule has 0 bridgehead atoms. The number of sulfone groups is 1. The summed E-state index contributed by atoms with van der Waals surface area (Å²) in [7, 11) is -3.29. The summed E-state index contributed by atoms with van der Waals surface area (Å²) in [5.74, 6) is 0. The molecule has 0 radical (unpaired) electrons. The highest BCUT2D eigenvalue weighted by Gasteiger charge is 2.43. The Bertz CT molecular complexity index is 527. The van der Waals surface area contributed by atoms with E-state index in [9.17, 15) is 8.42 Å². The third kappa shape index (κ3) is 1.98. The summed E-state index contributed by atoms with van der Waals surface area (Å²) in [4.78, 5) is 0.308. The predicted octanol–water partition coefficient (Wildman–Crippen LogP) is 2.56. The van der Waals surface area contributed by atoms with E-state index in [2.05, 4.69) is 12.2 Å². The summed E-state index contributed by atoms with van der Waals surface area (Å²) >= 11 is 6.01. The molecule has 0 aliphatic carbocycles. The van der Waals surface area contributed by atoms with Gasteiger partial charge in [0.25, 0.3) is 0 Å². The van der Waals surface area contributed by atoms with Crippen LogP contribution >= 0.6 is 11.6 Å². The fraction of sp³-hybridized carbons (Fsp3) is 0.500. The van der Waals surface area contributed by atoms with E-state index in [1.165, 1.54) is 0 Å². The molecule has 17 heavy (non-hydrogen) atoms. The van der Waals surface area contributed by atoms with Gasteiger partial charge < -0.3 is 5.32 Å². The third-order valence-corrected chi connectivity index (χ3v) is 5.89. The quantitative estimate of drug-likeness (QED) is 0.921. The monoisotopic (exact) mass is 273 g/mol. The molecule has 2 rings (SSSR count). The fourth-order valence-electron chi connectivity index (χ4n) is 2.26. The van der Waals surface area contributed by atoms with Gasteiger partial charge in [-0.1, -0.05) is 30.7 Å². The average molecular weight is 274 g/mol. The third-order valence-electron chi connectivity index (χ3n) is 3.19. The van der Waals surface area contributed by atoms with Gasteiger partial charge in [0.15, 0.2) is 9.84 Å². The number of benzene rings is 1.